The first-order valence-electron chi connectivity index (χ1n) is 9.53. The van der Waals surface area contributed by atoms with Gasteiger partial charge in [-0.3, -0.25) is 9.59 Å². The molecule has 3 atom stereocenters. The molecule has 6 nitrogen and oxygen atoms in total. The summed E-state index contributed by atoms with van der Waals surface area (Å²) >= 11 is 0. The number of rotatable bonds is 2. The predicted octanol–water partition coefficient (Wildman–Crippen LogP) is 1.58. The molecule has 2 aromatic rings. The number of aromatic nitrogens is 1. The molecule has 1 aromatic heterocycles. The largest absolute Gasteiger partial charge is 0.493 e. The second-order valence-corrected chi connectivity index (χ2v) is 7.73. The molecule has 5 rings (SSSR count). The first kappa shape index (κ1) is 16.6. The topological polar surface area (TPSA) is 71.8 Å². The van der Waals surface area contributed by atoms with Crippen LogP contribution in [0, 0.1) is 5.92 Å². The smallest absolute Gasteiger partial charge is 0.253 e. The summed E-state index contributed by atoms with van der Waals surface area (Å²) in [5, 5.41) is 9.94. The molecule has 0 spiro atoms. The van der Waals surface area contributed by atoms with Gasteiger partial charge in [-0.25, -0.2) is 0 Å². The first-order valence-corrected chi connectivity index (χ1v) is 9.53. The number of carbonyl (C=O) groups excluding carboxylic acids is 1. The zero-order chi connectivity index (χ0) is 18.5. The average Bonchev–Trinajstić information content (AvgIpc) is 3.16. The van der Waals surface area contributed by atoms with Crippen molar-refractivity contribution < 1.29 is 14.6 Å². The molecular formula is C21H22N2O4. The Morgan fingerprint density at radius 2 is 2.11 bits per heavy atom. The minimum Gasteiger partial charge on any atom is -0.493 e. The van der Waals surface area contributed by atoms with Crippen LogP contribution in [-0.2, 0) is 6.42 Å². The highest BCUT2D eigenvalue weighted by Crippen LogP contribution is 2.41. The lowest BCUT2D eigenvalue weighted by atomic mass is 9.78. The van der Waals surface area contributed by atoms with E-state index in [1.807, 2.05) is 29.2 Å². The predicted molar refractivity (Wildman–Crippen MR) is 99.2 cm³/mol. The fourth-order valence-corrected chi connectivity index (χ4v) is 4.95. The molecule has 1 aromatic carbocycles. The summed E-state index contributed by atoms with van der Waals surface area (Å²) in [5.74, 6) is 1.10. The Labute approximate surface area is 157 Å². The number of likely N-dealkylation sites (tertiary alicyclic amines) is 1. The monoisotopic (exact) mass is 366 g/mol. The van der Waals surface area contributed by atoms with Gasteiger partial charge in [-0.05, 0) is 36.2 Å². The summed E-state index contributed by atoms with van der Waals surface area (Å²) in [7, 11) is 0. The average molecular weight is 366 g/mol. The van der Waals surface area contributed by atoms with E-state index < -0.39 is 0 Å². The molecule has 1 saturated heterocycles. The summed E-state index contributed by atoms with van der Waals surface area (Å²) in [6.07, 6.45) is 1.74. The van der Waals surface area contributed by atoms with Crippen LogP contribution < -0.4 is 10.3 Å². The Morgan fingerprint density at radius 1 is 1.22 bits per heavy atom. The quantitative estimate of drug-likeness (QED) is 0.876. The molecule has 4 heterocycles. The lowest BCUT2D eigenvalue weighted by Gasteiger charge is -2.46. The number of hydrogen-bond donors (Lipinski definition) is 1. The molecule has 3 aliphatic heterocycles. The van der Waals surface area contributed by atoms with E-state index in [0.29, 0.717) is 25.3 Å². The Kier molecular flexibility index (Phi) is 3.82. The fourth-order valence-electron chi connectivity index (χ4n) is 4.95. The summed E-state index contributed by atoms with van der Waals surface area (Å²) in [6, 6.07) is 10.6. The molecule has 0 saturated carbocycles. The van der Waals surface area contributed by atoms with Crippen molar-refractivity contribution in [1.82, 2.24) is 9.47 Å². The highest BCUT2D eigenvalue weighted by atomic mass is 16.5. The molecular weight excluding hydrogens is 344 g/mol. The third-order valence-corrected chi connectivity index (χ3v) is 6.21. The van der Waals surface area contributed by atoms with E-state index in [2.05, 4.69) is 0 Å². The fraction of sp³-hybridized carbons (Fsp3) is 0.429. The highest BCUT2D eigenvalue weighted by Gasteiger charge is 2.41. The molecule has 1 fully saturated rings. The van der Waals surface area contributed by atoms with Crippen molar-refractivity contribution in [3.05, 3.63) is 63.6 Å². The van der Waals surface area contributed by atoms with Crippen molar-refractivity contribution >= 4 is 5.91 Å². The van der Waals surface area contributed by atoms with Crippen molar-refractivity contribution in [3.8, 4) is 5.75 Å². The van der Waals surface area contributed by atoms with Crippen LogP contribution in [0.3, 0.4) is 0 Å². The van der Waals surface area contributed by atoms with Crippen molar-refractivity contribution in [1.29, 1.82) is 0 Å². The van der Waals surface area contributed by atoms with Gasteiger partial charge in [0, 0.05) is 48.7 Å². The summed E-state index contributed by atoms with van der Waals surface area (Å²) in [6.45, 7) is 1.75. The van der Waals surface area contributed by atoms with Gasteiger partial charge in [-0.2, -0.15) is 0 Å². The number of piperidine rings is 1. The third kappa shape index (κ3) is 2.58. The van der Waals surface area contributed by atoms with Crippen molar-refractivity contribution in [2.24, 2.45) is 5.92 Å². The SMILES string of the molecule is O=C(c1ccc2c(c1)CCO2)N1C[C@H]2C[C@@H](C1)[C@H](CO)n1c2cccc1=O. The highest BCUT2D eigenvalue weighted by molar-refractivity contribution is 5.94. The maximum Gasteiger partial charge on any atom is 0.253 e. The molecule has 3 aliphatic rings. The van der Waals surface area contributed by atoms with E-state index in [4.69, 9.17) is 4.74 Å². The number of carbonyl (C=O) groups is 1. The van der Waals surface area contributed by atoms with Gasteiger partial charge < -0.3 is 19.3 Å². The zero-order valence-electron chi connectivity index (χ0n) is 15.0. The Balaban J connectivity index is 1.47. The number of benzene rings is 1. The lowest BCUT2D eigenvalue weighted by Crippen LogP contribution is -2.51. The number of hydrogen-bond acceptors (Lipinski definition) is 4. The lowest BCUT2D eigenvalue weighted by molar-refractivity contribution is 0.0437. The summed E-state index contributed by atoms with van der Waals surface area (Å²) in [4.78, 5) is 27.4. The molecule has 1 N–H and O–H groups in total. The normalized spacial score (nSPS) is 25.5. The Morgan fingerprint density at radius 3 is 2.96 bits per heavy atom. The number of pyridine rings is 1. The number of fused-ring (bicyclic) bond motifs is 5. The Bertz CT molecular complexity index is 967. The molecule has 27 heavy (non-hydrogen) atoms. The van der Waals surface area contributed by atoms with Gasteiger partial charge in [0.25, 0.3) is 11.5 Å². The number of aliphatic hydroxyl groups is 1. The number of ether oxygens (including phenoxy) is 1. The Hall–Kier alpha value is -2.60. The molecule has 1 amide bonds. The van der Waals surface area contributed by atoms with Crippen LogP contribution in [0.2, 0.25) is 0 Å². The van der Waals surface area contributed by atoms with Crippen LogP contribution in [0.4, 0.5) is 0 Å². The van der Waals surface area contributed by atoms with Gasteiger partial charge >= 0.3 is 0 Å². The molecule has 140 valence electrons. The standard InChI is InChI=1S/C21H22N2O4/c24-12-18-16-9-15(17-2-1-3-20(25)23(17)18)10-22(11-16)21(26)14-4-5-19-13(8-14)6-7-27-19/h1-5,8,15-16,18,24H,6-7,9-12H2/t15-,16+,18+/m1/s1. The number of aliphatic hydroxyl groups excluding tert-OH is 1. The van der Waals surface area contributed by atoms with E-state index in [9.17, 15) is 14.7 Å². The number of amides is 1. The maximum absolute atomic E-state index is 13.2. The van der Waals surface area contributed by atoms with E-state index >= 15 is 0 Å². The van der Waals surface area contributed by atoms with Crippen LogP contribution >= 0.6 is 0 Å². The van der Waals surface area contributed by atoms with Crippen molar-refractivity contribution in [2.45, 2.75) is 24.8 Å². The van der Waals surface area contributed by atoms with Crippen LogP contribution in [0.15, 0.2) is 41.2 Å². The van der Waals surface area contributed by atoms with Crippen LogP contribution in [0.5, 0.6) is 5.75 Å². The van der Waals surface area contributed by atoms with E-state index in [1.165, 1.54) is 0 Å². The molecule has 0 aliphatic carbocycles. The maximum atomic E-state index is 13.2. The van der Waals surface area contributed by atoms with Crippen LogP contribution in [0.1, 0.15) is 40.0 Å². The van der Waals surface area contributed by atoms with Gasteiger partial charge in [0.1, 0.15) is 5.75 Å². The minimum absolute atomic E-state index is 0.0165. The second-order valence-electron chi connectivity index (χ2n) is 7.73. The van der Waals surface area contributed by atoms with Crippen molar-refractivity contribution in [3.63, 3.8) is 0 Å². The number of nitrogens with zero attached hydrogens (tertiary/aromatic N) is 2. The molecule has 2 bridgehead atoms. The molecule has 6 heteroatoms. The van der Waals surface area contributed by atoms with Crippen LogP contribution in [0.25, 0.3) is 0 Å². The molecule has 0 radical (unpaired) electrons. The minimum atomic E-state index is -0.269. The first-order chi connectivity index (χ1) is 13.2. The van der Waals surface area contributed by atoms with E-state index in [0.717, 1.165) is 29.8 Å². The van der Waals surface area contributed by atoms with Crippen LogP contribution in [-0.4, -0.2) is 46.8 Å². The van der Waals surface area contributed by atoms with E-state index in [-0.39, 0.29) is 36.0 Å². The zero-order valence-corrected chi connectivity index (χ0v) is 15.0. The summed E-state index contributed by atoms with van der Waals surface area (Å²) < 4.78 is 7.28. The third-order valence-electron chi connectivity index (χ3n) is 6.21. The second kappa shape index (κ2) is 6.23. The summed E-state index contributed by atoms with van der Waals surface area (Å²) in [5.41, 5.74) is 2.63. The van der Waals surface area contributed by atoms with E-state index in [1.54, 1.807) is 16.7 Å². The molecule has 0 unspecified atom stereocenters. The van der Waals surface area contributed by atoms with Gasteiger partial charge in [0.15, 0.2) is 0 Å². The van der Waals surface area contributed by atoms with Gasteiger partial charge in [0.2, 0.25) is 0 Å². The van der Waals surface area contributed by atoms with Gasteiger partial charge in [-0.1, -0.05) is 6.07 Å². The van der Waals surface area contributed by atoms with Gasteiger partial charge in [0.05, 0.1) is 19.3 Å². The van der Waals surface area contributed by atoms with Gasteiger partial charge in [-0.15, -0.1) is 0 Å². The van der Waals surface area contributed by atoms with Crippen molar-refractivity contribution in [2.75, 3.05) is 26.3 Å².